The van der Waals surface area contributed by atoms with E-state index in [-0.39, 0.29) is 0 Å². The molecule has 0 saturated carbocycles. The zero-order valence-corrected chi connectivity index (χ0v) is 11.9. The average Bonchev–Trinajstić information content (AvgIpc) is 2.46. The van der Waals surface area contributed by atoms with Gasteiger partial charge in [0.25, 0.3) is 0 Å². The van der Waals surface area contributed by atoms with E-state index >= 15 is 0 Å². The van der Waals surface area contributed by atoms with Gasteiger partial charge in [-0.15, -0.1) is 0 Å². The standard InChI is InChI=1S/C16H11Cl2NO/c17-12-5-3-6-13(18)15(12)16(20)11-8-10-4-1-2-7-14(10)19-9-11/h1-9,16,20H. The molecule has 0 aliphatic heterocycles. The largest absolute Gasteiger partial charge is 0.383 e. The third kappa shape index (κ3) is 2.38. The maximum absolute atomic E-state index is 10.5. The summed E-state index contributed by atoms with van der Waals surface area (Å²) in [5, 5.41) is 12.4. The molecule has 0 fully saturated rings. The Hall–Kier alpha value is -1.61. The molecule has 1 N–H and O–H groups in total. The molecule has 0 aliphatic carbocycles. The first-order valence-corrected chi connectivity index (χ1v) is 6.89. The first-order chi connectivity index (χ1) is 9.66. The molecule has 2 nitrogen and oxygen atoms in total. The van der Waals surface area contributed by atoms with Crippen molar-refractivity contribution in [2.24, 2.45) is 0 Å². The molecule has 3 rings (SSSR count). The number of pyridine rings is 1. The van der Waals surface area contributed by atoms with E-state index in [0.29, 0.717) is 21.2 Å². The monoisotopic (exact) mass is 303 g/mol. The fourth-order valence-electron chi connectivity index (χ4n) is 2.18. The highest BCUT2D eigenvalue weighted by molar-refractivity contribution is 6.36. The topological polar surface area (TPSA) is 33.1 Å². The van der Waals surface area contributed by atoms with Crippen LogP contribution in [-0.4, -0.2) is 10.1 Å². The van der Waals surface area contributed by atoms with E-state index in [4.69, 9.17) is 23.2 Å². The second-order valence-electron chi connectivity index (χ2n) is 4.50. The molecule has 4 heteroatoms. The Kier molecular flexibility index (Phi) is 3.62. The van der Waals surface area contributed by atoms with Crippen LogP contribution in [-0.2, 0) is 0 Å². The zero-order chi connectivity index (χ0) is 14.1. The molecule has 0 bridgehead atoms. The van der Waals surface area contributed by atoms with Crippen LogP contribution in [0, 0.1) is 0 Å². The first kappa shape index (κ1) is 13.4. The number of aromatic nitrogens is 1. The Labute approximate surface area is 126 Å². The summed E-state index contributed by atoms with van der Waals surface area (Å²) in [6, 6.07) is 14.8. The molecule has 2 aromatic carbocycles. The van der Waals surface area contributed by atoms with Crippen molar-refractivity contribution < 1.29 is 5.11 Å². The molecular weight excluding hydrogens is 293 g/mol. The first-order valence-electron chi connectivity index (χ1n) is 6.13. The van der Waals surface area contributed by atoms with Crippen LogP contribution < -0.4 is 0 Å². The Bertz CT molecular complexity index is 753. The van der Waals surface area contributed by atoms with Gasteiger partial charge in [-0.25, -0.2) is 0 Å². The zero-order valence-electron chi connectivity index (χ0n) is 10.4. The second kappa shape index (κ2) is 5.41. The van der Waals surface area contributed by atoms with Gasteiger partial charge in [0.2, 0.25) is 0 Å². The van der Waals surface area contributed by atoms with Crippen LogP contribution in [0.1, 0.15) is 17.2 Å². The number of rotatable bonds is 2. The minimum absolute atomic E-state index is 0.443. The molecular formula is C16H11Cl2NO. The number of fused-ring (bicyclic) bond motifs is 1. The number of para-hydroxylation sites is 1. The molecule has 0 spiro atoms. The lowest BCUT2D eigenvalue weighted by atomic mass is 10.0. The van der Waals surface area contributed by atoms with Gasteiger partial charge in [0.1, 0.15) is 6.10 Å². The number of hydrogen-bond acceptors (Lipinski definition) is 2. The Morgan fingerprint density at radius 3 is 2.40 bits per heavy atom. The van der Waals surface area contributed by atoms with Crippen LogP contribution >= 0.6 is 23.2 Å². The van der Waals surface area contributed by atoms with Gasteiger partial charge in [-0.1, -0.05) is 47.5 Å². The second-order valence-corrected chi connectivity index (χ2v) is 5.31. The van der Waals surface area contributed by atoms with Gasteiger partial charge < -0.3 is 5.11 Å². The van der Waals surface area contributed by atoms with Crippen LogP contribution in [0.15, 0.2) is 54.7 Å². The van der Waals surface area contributed by atoms with E-state index in [1.54, 1.807) is 24.4 Å². The highest BCUT2D eigenvalue weighted by Crippen LogP contribution is 2.34. The van der Waals surface area contributed by atoms with Crippen molar-refractivity contribution in [1.29, 1.82) is 0 Å². The third-order valence-electron chi connectivity index (χ3n) is 3.20. The van der Waals surface area contributed by atoms with Gasteiger partial charge >= 0.3 is 0 Å². The summed E-state index contributed by atoms with van der Waals surface area (Å²) in [5.41, 5.74) is 2.06. The predicted molar refractivity (Wildman–Crippen MR) is 82.3 cm³/mol. The Morgan fingerprint density at radius 1 is 0.950 bits per heavy atom. The molecule has 1 heterocycles. The molecule has 3 aromatic rings. The number of nitrogens with zero attached hydrogens (tertiary/aromatic N) is 1. The van der Waals surface area contributed by atoms with Crippen molar-refractivity contribution in [2.45, 2.75) is 6.10 Å². The summed E-state index contributed by atoms with van der Waals surface area (Å²) in [6.45, 7) is 0. The van der Waals surface area contributed by atoms with Crippen molar-refractivity contribution >= 4 is 34.1 Å². The summed E-state index contributed by atoms with van der Waals surface area (Å²) in [7, 11) is 0. The van der Waals surface area contributed by atoms with Gasteiger partial charge in [-0.2, -0.15) is 0 Å². The quantitative estimate of drug-likeness (QED) is 0.749. The molecule has 1 unspecified atom stereocenters. The van der Waals surface area contributed by atoms with E-state index in [1.165, 1.54) is 0 Å². The molecule has 0 saturated heterocycles. The summed E-state index contributed by atoms with van der Waals surface area (Å²) >= 11 is 12.3. The van der Waals surface area contributed by atoms with Gasteiger partial charge in [0, 0.05) is 32.8 Å². The van der Waals surface area contributed by atoms with E-state index in [0.717, 1.165) is 10.9 Å². The summed E-state index contributed by atoms with van der Waals surface area (Å²) in [5.74, 6) is 0. The minimum atomic E-state index is -0.895. The molecule has 0 aliphatic rings. The van der Waals surface area contributed by atoms with Crippen LogP contribution in [0.25, 0.3) is 10.9 Å². The van der Waals surface area contributed by atoms with Gasteiger partial charge in [-0.05, 0) is 24.3 Å². The van der Waals surface area contributed by atoms with Crippen LogP contribution in [0.3, 0.4) is 0 Å². The van der Waals surface area contributed by atoms with E-state index in [2.05, 4.69) is 4.98 Å². The molecule has 0 amide bonds. The maximum atomic E-state index is 10.5. The van der Waals surface area contributed by atoms with E-state index in [9.17, 15) is 5.11 Å². The summed E-state index contributed by atoms with van der Waals surface area (Å²) < 4.78 is 0. The highest BCUT2D eigenvalue weighted by atomic mass is 35.5. The summed E-state index contributed by atoms with van der Waals surface area (Å²) in [6.07, 6.45) is 0.750. The summed E-state index contributed by atoms with van der Waals surface area (Å²) in [4.78, 5) is 4.34. The number of aliphatic hydroxyl groups excluding tert-OH is 1. The van der Waals surface area contributed by atoms with Crippen molar-refractivity contribution in [3.05, 3.63) is 75.9 Å². The highest BCUT2D eigenvalue weighted by Gasteiger charge is 2.18. The third-order valence-corrected chi connectivity index (χ3v) is 3.86. The minimum Gasteiger partial charge on any atom is -0.383 e. The average molecular weight is 304 g/mol. The number of aliphatic hydroxyl groups is 1. The fraction of sp³-hybridized carbons (Fsp3) is 0.0625. The van der Waals surface area contributed by atoms with Gasteiger partial charge in [-0.3, -0.25) is 4.98 Å². The van der Waals surface area contributed by atoms with Crippen molar-refractivity contribution in [1.82, 2.24) is 4.98 Å². The molecule has 1 atom stereocenters. The molecule has 0 radical (unpaired) electrons. The lowest BCUT2D eigenvalue weighted by Gasteiger charge is -2.15. The van der Waals surface area contributed by atoms with Crippen LogP contribution in [0.2, 0.25) is 10.0 Å². The predicted octanol–water partition coefficient (Wildman–Crippen LogP) is 4.62. The number of hydrogen-bond donors (Lipinski definition) is 1. The van der Waals surface area contributed by atoms with Crippen molar-refractivity contribution in [2.75, 3.05) is 0 Å². The fourth-order valence-corrected chi connectivity index (χ4v) is 2.78. The maximum Gasteiger partial charge on any atom is 0.108 e. The molecule has 20 heavy (non-hydrogen) atoms. The normalized spacial score (nSPS) is 12.6. The van der Waals surface area contributed by atoms with Crippen molar-refractivity contribution in [3.63, 3.8) is 0 Å². The Balaban J connectivity index is 2.10. The lowest BCUT2D eigenvalue weighted by Crippen LogP contribution is -2.02. The molecule has 100 valence electrons. The van der Waals surface area contributed by atoms with E-state index < -0.39 is 6.10 Å². The molecule has 1 aromatic heterocycles. The Morgan fingerprint density at radius 2 is 1.65 bits per heavy atom. The van der Waals surface area contributed by atoms with Crippen LogP contribution in [0.4, 0.5) is 0 Å². The smallest absolute Gasteiger partial charge is 0.108 e. The van der Waals surface area contributed by atoms with Gasteiger partial charge in [0.15, 0.2) is 0 Å². The van der Waals surface area contributed by atoms with Crippen molar-refractivity contribution in [3.8, 4) is 0 Å². The van der Waals surface area contributed by atoms with E-state index in [1.807, 2.05) is 30.3 Å². The number of halogens is 2. The lowest BCUT2D eigenvalue weighted by molar-refractivity contribution is 0.220. The van der Waals surface area contributed by atoms with Crippen LogP contribution in [0.5, 0.6) is 0 Å². The van der Waals surface area contributed by atoms with Gasteiger partial charge in [0.05, 0.1) is 5.52 Å². The SMILES string of the molecule is OC(c1cnc2ccccc2c1)c1c(Cl)cccc1Cl. The number of benzene rings is 2.